The normalized spacial score (nSPS) is 23.9. The van der Waals surface area contributed by atoms with Gasteiger partial charge in [0.05, 0.1) is 18.0 Å². The quantitative estimate of drug-likeness (QED) is 0.836. The number of alkyl halides is 3. The Morgan fingerprint density at radius 2 is 2.05 bits per heavy atom. The van der Waals surface area contributed by atoms with Gasteiger partial charge in [0.15, 0.2) is 0 Å². The molecule has 0 aromatic carbocycles. The Kier molecular flexibility index (Phi) is 4.52. The van der Waals surface area contributed by atoms with Crippen LogP contribution >= 0.6 is 11.3 Å². The molecule has 2 atom stereocenters. The van der Waals surface area contributed by atoms with E-state index in [1.165, 1.54) is 11.3 Å². The first-order valence-electron chi connectivity index (χ1n) is 6.79. The number of carbonyl (C=O) groups excluding carboxylic acids is 1. The highest BCUT2D eigenvalue weighted by molar-refractivity contribution is 7.11. The van der Waals surface area contributed by atoms with Crippen LogP contribution in [0.4, 0.5) is 13.2 Å². The van der Waals surface area contributed by atoms with Gasteiger partial charge in [-0.2, -0.15) is 13.2 Å². The summed E-state index contributed by atoms with van der Waals surface area (Å²) in [6.07, 6.45) is -2.83. The molecule has 1 fully saturated rings. The summed E-state index contributed by atoms with van der Waals surface area (Å²) in [5.41, 5.74) is 0.898. The fraction of sp³-hybridized carbons (Fsp3) is 0.714. The van der Waals surface area contributed by atoms with Crippen LogP contribution in [0.2, 0.25) is 0 Å². The minimum absolute atomic E-state index is 0.0499. The fourth-order valence-electron chi connectivity index (χ4n) is 2.69. The number of nitrogens with zero attached hydrogens (tertiary/aromatic N) is 1. The Morgan fingerprint density at radius 1 is 1.35 bits per heavy atom. The van der Waals surface area contributed by atoms with Crippen LogP contribution in [0.5, 0.6) is 0 Å². The number of ketones is 1. The van der Waals surface area contributed by atoms with E-state index in [0.717, 1.165) is 15.6 Å². The van der Waals surface area contributed by atoms with E-state index < -0.39 is 18.0 Å². The smallest absolute Gasteiger partial charge is 0.299 e. The Bertz CT molecular complexity index is 476. The Labute approximate surface area is 120 Å². The van der Waals surface area contributed by atoms with E-state index in [9.17, 15) is 18.0 Å². The van der Waals surface area contributed by atoms with E-state index in [2.05, 4.69) is 4.98 Å². The van der Waals surface area contributed by atoms with Gasteiger partial charge < -0.3 is 0 Å². The van der Waals surface area contributed by atoms with Gasteiger partial charge in [-0.1, -0.05) is 6.42 Å². The molecule has 1 aromatic rings. The summed E-state index contributed by atoms with van der Waals surface area (Å²) >= 11 is 1.46. The van der Waals surface area contributed by atoms with Crippen molar-refractivity contribution in [1.82, 2.24) is 4.98 Å². The highest BCUT2D eigenvalue weighted by Crippen LogP contribution is 2.40. The van der Waals surface area contributed by atoms with Crippen molar-refractivity contribution >= 4 is 17.1 Å². The number of carbonyl (C=O) groups is 1. The molecule has 112 valence electrons. The van der Waals surface area contributed by atoms with Crippen molar-refractivity contribution in [1.29, 1.82) is 0 Å². The number of hydrogen-bond donors (Lipinski definition) is 0. The summed E-state index contributed by atoms with van der Waals surface area (Å²) in [7, 11) is 0. The lowest BCUT2D eigenvalue weighted by Crippen LogP contribution is -2.32. The second-order valence-electron chi connectivity index (χ2n) is 5.49. The van der Waals surface area contributed by atoms with Gasteiger partial charge in [0.1, 0.15) is 10.8 Å². The summed E-state index contributed by atoms with van der Waals surface area (Å²) < 4.78 is 38.2. The van der Waals surface area contributed by atoms with Crippen LogP contribution in [0, 0.1) is 25.7 Å². The van der Waals surface area contributed by atoms with Gasteiger partial charge in [-0.05, 0) is 33.1 Å². The van der Waals surface area contributed by atoms with Crippen molar-refractivity contribution in [2.75, 3.05) is 0 Å². The van der Waals surface area contributed by atoms with Gasteiger partial charge in [0.2, 0.25) is 0 Å². The van der Waals surface area contributed by atoms with Crippen LogP contribution in [0.1, 0.15) is 41.3 Å². The Morgan fingerprint density at radius 3 is 2.60 bits per heavy atom. The molecule has 2 unspecified atom stereocenters. The molecule has 6 heteroatoms. The summed E-state index contributed by atoms with van der Waals surface area (Å²) in [6, 6.07) is 0. The number of thiazole rings is 1. The molecule has 2 rings (SSSR count). The molecule has 0 radical (unpaired) electrons. The Balaban J connectivity index is 1.98. The number of halogens is 3. The molecule has 0 bridgehead atoms. The SMILES string of the molecule is Cc1nc(CC(=O)C2CCCC(C(F)(F)F)C2)sc1C. The van der Waals surface area contributed by atoms with Crippen LogP contribution in [-0.4, -0.2) is 16.9 Å². The van der Waals surface area contributed by atoms with E-state index in [1.54, 1.807) is 0 Å². The van der Waals surface area contributed by atoms with Crippen molar-refractivity contribution in [2.24, 2.45) is 11.8 Å². The van der Waals surface area contributed by atoms with Gasteiger partial charge in [-0.25, -0.2) is 4.98 Å². The van der Waals surface area contributed by atoms with Gasteiger partial charge in [-0.15, -0.1) is 11.3 Å². The Hall–Kier alpha value is -0.910. The second-order valence-corrected chi connectivity index (χ2v) is 6.78. The average Bonchev–Trinajstić information content (AvgIpc) is 2.67. The number of aromatic nitrogens is 1. The lowest BCUT2D eigenvalue weighted by atomic mass is 9.78. The molecular formula is C14H18F3NOS. The zero-order valence-electron chi connectivity index (χ0n) is 11.6. The highest BCUT2D eigenvalue weighted by Gasteiger charge is 2.43. The maximum atomic E-state index is 12.7. The summed E-state index contributed by atoms with van der Waals surface area (Å²) in [5, 5.41) is 0.721. The van der Waals surface area contributed by atoms with E-state index in [4.69, 9.17) is 0 Å². The third-order valence-corrected chi connectivity index (χ3v) is 5.06. The number of rotatable bonds is 3. The molecule has 1 aliphatic carbocycles. The second kappa shape index (κ2) is 5.84. The summed E-state index contributed by atoms with van der Waals surface area (Å²) in [5.74, 6) is -1.86. The molecule has 1 aromatic heterocycles. The first-order chi connectivity index (χ1) is 9.27. The highest BCUT2D eigenvalue weighted by atomic mass is 32.1. The first-order valence-corrected chi connectivity index (χ1v) is 7.61. The lowest BCUT2D eigenvalue weighted by molar-refractivity contribution is -0.186. The predicted octanol–water partition coefficient (Wildman–Crippen LogP) is 4.24. The van der Waals surface area contributed by atoms with Crippen LogP contribution in [0.3, 0.4) is 0 Å². The zero-order chi connectivity index (χ0) is 14.9. The molecule has 1 aliphatic rings. The largest absolute Gasteiger partial charge is 0.391 e. The first kappa shape index (κ1) is 15.5. The van der Waals surface area contributed by atoms with Gasteiger partial charge in [0, 0.05) is 10.8 Å². The van der Waals surface area contributed by atoms with Crippen LogP contribution < -0.4 is 0 Å². The molecule has 0 saturated heterocycles. The maximum Gasteiger partial charge on any atom is 0.391 e. The maximum absolute atomic E-state index is 12.7. The number of hydrogen-bond acceptors (Lipinski definition) is 3. The molecule has 1 saturated carbocycles. The van der Waals surface area contributed by atoms with Crippen LogP contribution in [0.25, 0.3) is 0 Å². The standard InChI is InChI=1S/C14H18F3NOS/c1-8-9(2)20-13(18-8)7-12(19)10-4-3-5-11(6-10)14(15,16)17/h10-11H,3-7H2,1-2H3. The lowest BCUT2D eigenvalue weighted by Gasteiger charge is -2.29. The predicted molar refractivity (Wildman–Crippen MR) is 71.8 cm³/mol. The number of Topliss-reactive ketones (excluding diaryl/α,β-unsaturated/α-hetero) is 1. The molecule has 20 heavy (non-hydrogen) atoms. The molecule has 2 nitrogen and oxygen atoms in total. The zero-order valence-corrected chi connectivity index (χ0v) is 12.4. The number of aryl methyl sites for hydroxylation is 2. The summed E-state index contributed by atoms with van der Waals surface area (Å²) in [4.78, 5) is 17.5. The minimum atomic E-state index is -4.17. The minimum Gasteiger partial charge on any atom is -0.299 e. The molecule has 0 amide bonds. The third-order valence-electron chi connectivity index (χ3n) is 3.99. The molecule has 0 aliphatic heterocycles. The third kappa shape index (κ3) is 3.59. The van der Waals surface area contributed by atoms with E-state index in [0.29, 0.717) is 12.8 Å². The molecule has 0 N–H and O–H groups in total. The van der Waals surface area contributed by atoms with Crippen molar-refractivity contribution in [2.45, 2.75) is 52.1 Å². The fourth-order valence-corrected chi connectivity index (χ4v) is 3.63. The van der Waals surface area contributed by atoms with E-state index in [-0.39, 0.29) is 25.0 Å². The van der Waals surface area contributed by atoms with Gasteiger partial charge >= 0.3 is 6.18 Å². The molecule has 1 heterocycles. The van der Waals surface area contributed by atoms with Crippen molar-refractivity contribution in [3.8, 4) is 0 Å². The van der Waals surface area contributed by atoms with Crippen molar-refractivity contribution in [3.63, 3.8) is 0 Å². The topological polar surface area (TPSA) is 30.0 Å². The van der Waals surface area contributed by atoms with E-state index in [1.807, 2.05) is 13.8 Å². The van der Waals surface area contributed by atoms with E-state index >= 15 is 0 Å². The molecular weight excluding hydrogens is 287 g/mol. The van der Waals surface area contributed by atoms with Crippen molar-refractivity contribution in [3.05, 3.63) is 15.6 Å². The van der Waals surface area contributed by atoms with Crippen molar-refractivity contribution < 1.29 is 18.0 Å². The molecule has 0 spiro atoms. The van der Waals surface area contributed by atoms with Gasteiger partial charge in [0.25, 0.3) is 0 Å². The average molecular weight is 305 g/mol. The summed E-state index contributed by atoms with van der Waals surface area (Å²) in [6.45, 7) is 3.81. The monoisotopic (exact) mass is 305 g/mol. The van der Waals surface area contributed by atoms with Gasteiger partial charge in [-0.3, -0.25) is 4.79 Å². The van der Waals surface area contributed by atoms with Crippen LogP contribution in [-0.2, 0) is 11.2 Å². The van der Waals surface area contributed by atoms with Crippen LogP contribution in [0.15, 0.2) is 0 Å².